The highest BCUT2D eigenvalue weighted by atomic mass is 16.6. The van der Waals surface area contributed by atoms with Gasteiger partial charge in [0.25, 0.3) is 0 Å². The van der Waals surface area contributed by atoms with E-state index in [2.05, 4.69) is 0 Å². The van der Waals surface area contributed by atoms with Gasteiger partial charge >= 0.3 is 11.9 Å². The number of esters is 2. The van der Waals surface area contributed by atoms with Gasteiger partial charge in [-0.1, -0.05) is 48.5 Å². The lowest BCUT2D eigenvalue weighted by atomic mass is 9.54. The molecule has 8 aliphatic carbocycles. The summed E-state index contributed by atoms with van der Waals surface area (Å²) >= 11 is 0. The van der Waals surface area contributed by atoms with Crippen molar-refractivity contribution in [3.8, 4) is 11.5 Å². The molecule has 0 radical (unpaired) electrons. The van der Waals surface area contributed by atoms with Crippen molar-refractivity contribution in [2.24, 2.45) is 35.5 Å². The zero-order chi connectivity index (χ0) is 30.9. The summed E-state index contributed by atoms with van der Waals surface area (Å²) in [4.78, 5) is 26.2. The normalized spacial score (nSPS) is 35.0. The third-order valence-corrected chi connectivity index (χ3v) is 12.6. The molecular weight excluding hydrogens is 576 g/mol. The third kappa shape index (κ3) is 5.24. The van der Waals surface area contributed by atoms with Crippen molar-refractivity contribution in [2.75, 3.05) is 13.2 Å². The molecule has 6 heteroatoms. The van der Waals surface area contributed by atoms with Gasteiger partial charge in [0.2, 0.25) is 0 Å². The van der Waals surface area contributed by atoms with E-state index in [4.69, 9.17) is 18.9 Å². The second-order valence-electron chi connectivity index (χ2n) is 16.1. The minimum absolute atomic E-state index is 0.143. The van der Waals surface area contributed by atoms with E-state index in [-0.39, 0.29) is 49.2 Å². The number of carbonyl (C=O) groups is 2. The molecule has 46 heavy (non-hydrogen) atoms. The van der Waals surface area contributed by atoms with Gasteiger partial charge in [-0.15, -0.1) is 0 Å². The van der Waals surface area contributed by atoms with Crippen LogP contribution in [-0.4, -0.2) is 36.4 Å². The lowest BCUT2D eigenvalue weighted by Gasteiger charge is -2.55. The summed E-state index contributed by atoms with van der Waals surface area (Å²) in [5.74, 6) is 5.64. The van der Waals surface area contributed by atoms with Crippen LogP contribution in [0, 0.1) is 35.5 Å². The molecule has 8 saturated carbocycles. The fourth-order valence-electron chi connectivity index (χ4n) is 11.7. The maximum absolute atomic E-state index is 13.1. The van der Waals surface area contributed by atoms with Crippen LogP contribution in [0.2, 0.25) is 0 Å². The molecule has 242 valence electrons. The van der Waals surface area contributed by atoms with Crippen LogP contribution >= 0.6 is 0 Å². The topological polar surface area (TPSA) is 71.1 Å². The van der Waals surface area contributed by atoms with Crippen molar-refractivity contribution in [1.82, 2.24) is 0 Å². The molecule has 0 atom stereocenters. The molecule has 0 unspecified atom stereocenters. The molecular formula is C40H46O6. The van der Waals surface area contributed by atoms with Gasteiger partial charge in [-0.2, -0.15) is 0 Å². The van der Waals surface area contributed by atoms with Crippen LogP contribution in [0.3, 0.4) is 0 Å². The molecule has 0 spiro atoms. The summed E-state index contributed by atoms with van der Waals surface area (Å²) < 4.78 is 25.3. The number of ether oxygens (including phenoxy) is 4. The van der Waals surface area contributed by atoms with E-state index in [9.17, 15) is 9.59 Å². The van der Waals surface area contributed by atoms with Crippen LogP contribution in [0.4, 0.5) is 0 Å². The molecule has 0 N–H and O–H groups in total. The monoisotopic (exact) mass is 622 g/mol. The predicted octanol–water partition coefficient (Wildman–Crippen LogP) is 8.55. The fourth-order valence-corrected chi connectivity index (χ4v) is 11.7. The van der Waals surface area contributed by atoms with E-state index in [1.807, 2.05) is 48.5 Å². The summed E-state index contributed by atoms with van der Waals surface area (Å²) in [7, 11) is 0. The summed E-state index contributed by atoms with van der Waals surface area (Å²) in [5.41, 5.74) is -0.461. The van der Waals surface area contributed by atoms with Crippen LogP contribution < -0.4 is 9.47 Å². The largest absolute Gasteiger partial charge is 0.492 e. The average Bonchev–Trinajstić information content (AvgIpc) is 3.00. The molecule has 0 saturated heterocycles. The quantitative estimate of drug-likeness (QED) is 0.167. The van der Waals surface area contributed by atoms with Crippen molar-refractivity contribution in [3.63, 3.8) is 0 Å². The van der Waals surface area contributed by atoms with E-state index in [1.165, 1.54) is 38.5 Å². The molecule has 3 aromatic rings. The van der Waals surface area contributed by atoms with Gasteiger partial charge < -0.3 is 18.9 Å². The zero-order valence-electron chi connectivity index (χ0n) is 26.8. The minimum Gasteiger partial charge on any atom is -0.492 e. The van der Waals surface area contributed by atoms with E-state index in [0.29, 0.717) is 0 Å². The van der Waals surface area contributed by atoms with E-state index < -0.39 is 0 Å². The van der Waals surface area contributed by atoms with Gasteiger partial charge in [0.1, 0.15) is 22.7 Å². The maximum atomic E-state index is 13.1. The summed E-state index contributed by atoms with van der Waals surface area (Å²) in [5, 5.41) is 3.73. The highest BCUT2D eigenvalue weighted by Crippen LogP contribution is 2.58. The molecule has 0 heterocycles. The maximum Gasteiger partial charge on any atom is 0.309 e. The highest BCUT2D eigenvalue weighted by molar-refractivity contribution is 6.11. The Morgan fingerprint density at radius 3 is 1.07 bits per heavy atom. The molecule has 11 rings (SSSR count). The Kier molecular flexibility index (Phi) is 7.01. The van der Waals surface area contributed by atoms with E-state index >= 15 is 0 Å². The Balaban J connectivity index is 0.877. The molecule has 0 aromatic heterocycles. The van der Waals surface area contributed by atoms with Crippen LogP contribution in [0.25, 0.3) is 21.5 Å². The minimum atomic E-state index is -0.230. The molecule has 8 bridgehead atoms. The molecule has 3 aromatic carbocycles. The number of carbonyl (C=O) groups excluding carboxylic acids is 2. The Labute approximate surface area is 271 Å². The Hall–Kier alpha value is -3.28. The second kappa shape index (κ2) is 11.2. The fraction of sp³-hybridized carbons (Fsp3) is 0.600. The zero-order valence-corrected chi connectivity index (χ0v) is 26.8. The van der Waals surface area contributed by atoms with Crippen molar-refractivity contribution >= 4 is 33.5 Å². The van der Waals surface area contributed by atoms with Crippen LogP contribution in [0.5, 0.6) is 11.5 Å². The summed E-state index contributed by atoms with van der Waals surface area (Å²) in [6, 6.07) is 16.2. The number of hydrogen-bond acceptors (Lipinski definition) is 6. The van der Waals surface area contributed by atoms with Gasteiger partial charge in [0, 0.05) is 21.5 Å². The Morgan fingerprint density at radius 2 is 0.783 bits per heavy atom. The number of benzene rings is 3. The van der Waals surface area contributed by atoms with Gasteiger partial charge in [-0.25, -0.2) is 0 Å². The molecule has 8 fully saturated rings. The number of fused-ring (bicyclic) bond motifs is 2. The Morgan fingerprint density at radius 1 is 0.500 bits per heavy atom. The standard InChI is InChI=1S/C40H46O6/c41-35(45-39-19-25-13-26(20-39)15-27(14-25)21-39)9-11-43-37-31-5-1-2-6-32(31)38(34-8-4-3-7-33(34)37)44-12-10-36(42)46-40-22-28-16-29(23-40)18-30(17-28)24-40/h1-8,25-30H,9-24H2. The van der Waals surface area contributed by atoms with Gasteiger partial charge in [0.15, 0.2) is 0 Å². The van der Waals surface area contributed by atoms with Crippen LogP contribution in [-0.2, 0) is 19.1 Å². The SMILES string of the molecule is O=C(CCOc1c2ccccc2c(OCCC(=O)OC23CC4CC(CC(C4)C2)C3)c2ccccc12)OC12CC3CC(CC(C3)C1)C2. The van der Waals surface area contributed by atoms with Gasteiger partial charge in [-0.05, 0) is 113 Å². The molecule has 0 amide bonds. The first kappa shape index (κ1) is 28.9. The lowest BCUT2D eigenvalue weighted by molar-refractivity contribution is -0.188. The van der Waals surface area contributed by atoms with Crippen molar-refractivity contribution in [1.29, 1.82) is 0 Å². The van der Waals surface area contributed by atoms with Crippen LogP contribution in [0.1, 0.15) is 89.9 Å². The number of rotatable bonds is 10. The van der Waals surface area contributed by atoms with Crippen molar-refractivity contribution in [2.45, 2.75) is 101 Å². The number of hydrogen-bond donors (Lipinski definition) is 0. The lowest BCUT2D eigenvalue weighted by Crippen LogP contribution is -2.52. The third-order valence-electron chi connectivity index (χ3n) is 12.6. The average molecular weight is 623 g/mol. The first-order chi connectivity index (χ1) is 22.4. The van der Waals surface area contributed by atoms with Crippen molar-refractivity contribution < 1.29 is 28.5 Å². The first-order valence-corrected chi connectivity index (χ1v) is 18.0. The smallest absolute Gasteiger partial charge is 0.309 e. The molecule has 6 nitrogen and oxygen atoms in total. The summed E-state index contributed by atoms with van der Waals surface area (Å²) in [6.45, 7) is 0.519. The Bertz CT molecular complexity index is 1420. The molecule has 8 aliphatic rings. The first-order valence-electron chi connectivity index (χ1n) is 18.0. The van der Waals surface area contributed by atoms with E-state index in [0.717, 1.165) is 107 Å². The predicted molar refractivity (Wildman–Crippen MR) is 176 cm³/mol. The van der Waals surface area contributed by atoms with E-state index in [1.54, 1.807) is 0 Å². The van der Waals surface area contributed by atoms with Crippen molar-refractivity contribution in [3.05, 3.63) is 48.5 Å². The summed E-state index contributed by atoms with van der Waals surface area (Å²) in [6.07, 6.45) is 14.7. The van der Waals surface area contributed by atoms with Gasteiger partial charge in [0.05, 0.1) is 26.1 Å². The molecule has 0 aliphatic heterocycles. The highest BCUT2D eigenvalue weighted by Gasteiger charge is 2.54. The van der Waals surface area contributed by atoms with Crippen LogP contribution in [0.15, 0.2) is 48.5 Å². The van der Waals surface area contributed by atoms with Gasteiger partial charge in [-0.3, -0.25) is 9.59 Å². The second-order valence-corrected chi connectivity index (χ2v) is 16.1.